The van der Waals surface area contributed by atoms with E-state index in [1.807, 2.05) is 14.1 Å². The second-order valence-corrected chi connectivity index (χ2v) is 8.30. The zero-order valence-corrected chi connectivity index (χ0v) is 17.3. The molecule has 0 bridgehead atoms. The molecule has 0 spiro atoms. The number of hydrogen-bond donors (Lipinski definition) is 4. The zero-order chi connectivity index (χ0) is 21.2. The summed E-state index contributed by atoms with van der Waals surface area (Å²) in [6.45, 7) is 4.47. The fraction of sp³-hybridized carbons (Fsp3) is 0.409. The number of amides is 1. The molecular weight excluding hydrogens is 370 g/mol. The highest BCUT2D eigenvalue weighted by molar-refractivity contribution is 5.81. The summed E-state index contributed by atoms with van der Waals surface area (Å²) in [7, 11) is 4.03. The van der Waals surface area contributed by atoms with E-state index in [0.717, 1.165) is 12.1 Å². The quantitative estimate of drug-likeness (QED) is 0.570. The SMILES string of the molecule is CN(C)c1ccc(CC(C)(C)NCC(O)c2ccc(O)c3c2ONC(=O)C3)cc1. The van der Waals surface area contributed by atoms with Crippen molar-refractivity contribution in [2.75, 3.05) is 25.5 Å². The summed E-state index contributed by atoms with van der Waals surface area (Å²) in [5.41, 5.74) is 5.32. The number of carbonyl (C=O) groups is 1. The molecule has 0 aliphatic carbocycles. The van der Waals surface area contributed by atoms with Crippen LogP contribution >= 0.6 is 0 Å². The predicted molar refractivity (Wildman–Crippen MR) is 112 cm³/mol. The van der Waals surface area contributed by atoms with Crippen LogP contribution in [0, 0.1) is 0 Å². The van der Waals surface area contributed by atoms with Crippen LogP contribution in [0.15, 0.2) is 36.4 Å². The summed E-state index contributed by atoms with van der Waals surface area (Å²) >= 11 is 0. The molecule has 2 aromatic carbocycles. The van der Waals surface area contributed by atoms with Crippen molar-refractivity contribution in [3.63, 3.8) is 0 Å². The number of hydrogen-bond acceptors (Lipinski definition) is 6. The van der Waals surface area contributed by atoms with Gasteiger partial charge in [0, 0.05) is 43.0 Å². The minimum atomic E-state index is -0.852. The molecule has 1 amide bonds. The van der Waals surface area contributed by atoms with Gasteiger partial charge < -0.3 is 25.3 Å². The fourth-order valence-corrected chi connectivity index (χ4v) is 3.46. The maximum absolute atomic E-state index is 11.5. The number of nitrogens with one attached hydrogen (secondary N) is 2. The molecule has 1 aliphatic rings. The monoisotopic (exact) mass is 399 g/mol. The van der Waals surface area contributed by atoms with Crippen LogP contribution in [0.5, 0.6) is 11.5 Å². The van der Waals surface area contributed by atoms with Crippen LogP contribution in [-0.2, 0) is 17.6 Å². The van der Waals surface area contributed by atoms with Crippen molar-refractivity contribution in [2.45, 2.75) is 38.3 Å². The lowest BCUT2D eigenvalue weighted by Gasteiger charge is -2.29. The van der Waals surface area contributed by atoms with Crippen molar-refractivity contribution < 1.29 is 19.8 Å². The lowest BCUT2D eigenvalue weighted by atomic mass is 9.93. The number of rotatable bonds is 7. The molecule has 156 valence electrons. The average molecular weight is 399 g/mol. The molecule has 0 fully saturated rings. The van der Waals surface area contributed by atoms with E-state index in [9.17, 15) is 15.0 Å². The van der Waals surface area contributed by atoms with Crippen LogP contribution in [0.3, 0.4) is 0 Å². The number of carbonyl (C=O) groups excluding carboxylic acids is 1. The second kappa shape index (κ2) is 8.31. The summed E-state index contributed by atoms with van der Waals surface area (Å²) in [6, 6.07) is 11.5. The number of benzene rings is 2. The number of aromatic hydroxyl groups is 1. The first-order valence-corrected chi connectivity index (χ1v) is 9.66. The Kier molecular flexibility index (Phi) is 6.00. The Morgan fingerprint density at radius 2 is 1.90 bits per heavy atom. The number of aliphatic hydroxyl groups excluding tert-OH is 1. The third-order valence-electron chi connectivity index (χ3n) is 5.10. The summed E-state index contributed by atoms with van der Waals surface area (Å²) in [4.78, 5) is 18.9. The van der Waals surface area contributed by atoms with Crippen LogP contribution in [0.2, 0.25) is 0 Å². The van der Waals surface area contributed by atoms with Crippen molar-refractivity contribution in [2.24, 2.45) is 0 Å². The first-order chi connectivity index (χ1) is 13.7. The van der Waals surface area contributed by atoms with Gasteiger partial charge in [-0.1, -0.05) is 12.1 Å². The van der Waals surface area contributed by atoms with Gasteiger partial charge in [0.15, 0.2) is 5.75 Å². The molecule has 3 rings (SSSR count). The van der Waals surface area contributed by atoms with Gasteiger partial charge >= 0.3 is 0 Å². The topological polar surface area (TPSA) is 94.1 Å². The Balaban J connectivity index is 1.66. The highest BCUT2D eigenvalue weighted by Crippen LogP contribution is 2.36. The van der Waals surface area contributed by atoms with Crippen LogP contribution in [-0.4, -0.2) is 42.3 Å². The first-order valence-electron chi connectivity index (χ1n) is 9.66. The third-order valence-corrected chi connectivity index (χ3v) is 5.10. The van der Waals surface area contributed by atoms with Gasteiger partial charge in [-0.3, -0.25) is 4.79 Å². The molecule has 4 N–H and O–H groups in total. The molecule has 0 saturated heterocycles. The molecule has 29 heavy (non-hydrogen) atoms. The molecule has 1 atom stereocenters. The summed E-state index contributed by atoms with van der Waals surface area (Å²) in [6.07, 6.45) is -0.0354. The van der Waals surface area contributed by atoms with E-state index in [4.69, 9.17) is 4.84 Å². The van der Waals surface area contributed by atoms with Crippen molar-refractivity contribution in [3.8, 4) is 11.5 Å². The molecule has 0 aromatic heterocycles. The third kappa shape index (κ3) is 4.99. The van der Waals surface area contributed by atoms with Gasteiger partial charge in [0.05, 0.1) is 12.5 Å². The van der Waals surface area contributed by atoms with E-state index in [1.54, 1.807) is 6.07 Å². The number of aliphatic hydroxyl groups is 1. The van der Waals surface area contributed by atoms with E-state index in [2.05, 4.69) is 53.8 Å². The average Bonchev–Trinajstić information content (AvgIpc) is 2.67. The van der Waals surface area contributed by atoms with Gasteiger partial charge in [-0.15, -0.1) is 0 Å². The van der Waals surface area contributed by atoms with E-state index < -0.39 is 6.10 Å². The molecule has 2 aromatic rings. The Hall–Kier alpha value is -2.77. The van der Waals surface area contributed by atoms with Gasteiger partial charge in [0.2, 0.25) is 0 Å². The summed E-state index contributed by atoms with van der Waals surface area (Å²) in [5.74, 6) is -0.0322. The van der Waals surface area contributed by atoms with Gasteiger partial charge in [-0.05, 0) is 50.1 Å². The Morgan fingerprint density at radius 1 is 1.21 bits per heavy atom. The molecule has 7 heteroatoms. The van der Waals surface area contributed by atoms with E-state index in [1.165, 1.54) is 11.6 Å². The molecule has 1 aliphatic heterocycles. The number of fused-ring (bicyclic) bond motifs is 1. The fourth-order valence-electron chi connectivity index (χ4n) is 3.46. The summed E-state index contributed by atoms with van der Waals surface area (Å²) < 4.78 is 0. The first kappa shape index (κ1) is 21.0. The highest BCUT2D eigenvalue weighted by Gasteiger charge is 2.27. The molecule has 1 heterocycles. The lowest BCUT2D eigenvalue weighted by molar-refractivity contribution is -0.128. The largest absolute Gasteiger partial charge is 0.508 e. The molecular formula is C22H29N3O4. The maximum Gasteiger partial charge on any atom is 0.257 e. The molecule has 0 radical (unpaired) electrons. The molecule has 7 nitrogen and oxygen atoms in total. The predicted octanol–water partition coefficient (Wildman–Crippen LogP) is 2.07. The second-order valence-electron chi connectivity index (χ2n) is 8.30. The number of nitrogens with zero attached hydrogens (tertiary/aromatic N) is 1. The smallest absolute Gasteiger partial charge is 0.257 e. The van der Waals surface area contributed by atoms with Crippen LogP contribution in [0.1, 0.15) is 36.6 Å². The van der Waals surface area contributed by atoms with Gasteiger partial charge in [0.1, 0.15) is 5.75 Å². The van der Waals surface area contributed by atoms with Crippen molar-refractivity contribution >= 4 is 11.6 Å². The Labute approximate surface area is 171 Å². The maximum atomic E-state index is 11.5. The number of β-amino-alcohol motifs (C(OH)–C–C–N with tert-alkyl or cyclic N) is 1. The lowest BCUT2D eigenvalue weighted by Crippen LogP contribution is -2.43. The van der Waals surface area contributed by atoms with Crippen LogP contribution in [0.4, 0.5) is 5.69 Å². The van der Waals surface area contributed by atoms with Crippen LogP contribution < -0.4 is 20.5 Å². The van der Waals surface area contributed by atoms with Crippen molar-refractivity contribution in [3.05, 3.63) is 53.1 Å². The number of anilines is 1. The van der Waals surface area contributed by atoms with E-state index in [-0.39, 0.29) is 23.6 Å². The molecule has 0 saturated carbocycles. The minimum Gasteiger partial charge on any atom is -0.508 e. The standard InChI is InChI=1S/C22H29N3O4/c1-22(2,12-14-5-7-15(8-6-14)25(3)4)23-13-19(27)16-9-10-18(26)17-11-20(28)24-29-21(16)17/h5-10,19,23,26-27H,11-13H2,1-4H3,(H,24,28). The van der Waals surface area contributed by atoms with Crippen molar-refractivity contribution in [1.82, 2.24) is 10.8 Å². The normalized spacial score (nSPS) is 14.6. The van der Waals surface area contributed by atoms with Gasteiger partial charge in [-0.25, -0.2) is 0 Å². The van der Waals surface area contributed by atoms with E-state index in [0.29, 0.717) is 23.4 Å². The highest BCUT2D eigenvalue weighted by atomic mass is 16.7. The van der Waals surface area contributed by atoms with Crippen molar-refractivity contribution in [1.29, 1.82) is 0 Å². The van der Waals surface area contributed by atoms with Crippen LogP contribution in [0.25, 0.3) is 0 Å². The number of phenolic OH excluding ortho intramolecular Hbond substituents is 1. The summed E-state index contributed by atoms with van der Waals surface area (Å²) in [5, 5.41) is 24.1. The van der Waals surface area contributed by atoms with Gasteiger partial charge in [0.25, 0.3) is 5.91 Å². The minimum absolute atomic E-state index is 0.0136. The Morgan fingerprint density at radius 3 is 2.55 bits per heavy atom. The Bertz CT molecular complexity index is 878. The zero-order valence-electron chi connectivity index (χ0n) is 17.3. The van der Waals surface area contributed by atoms with Gasteiger partial charge in [-0.2, -0.15) is 5.48 Å². The van der Waals surface area contributed by atoms with E-state index >= 15 is 0 Å². The number of phenols is 1. The number of hydroxylamine groups is 1. The molecule has 1 unspecified atom stereocenters.